The molecule has 0 unspecified atom stereocenters. The molecule has 0 saturated carbocycles. The maximum atomic E-state index is 13.5. The van der Waals surface area contributed by atoms with Crippen molar-refractivity contribution in [1.29, 1.82) is 0 Å². The van der Waals surface area contributed by atoms with E-state index in [1.54, 1.807) is 12.1 Å². The van der Waals surface area contributed by atoms with Crippen molar-refractivity contribution in [2.75, 3.05) is 0 Å². The quantitative estimate of drug-likeness (QED) is 0.715. The second kappa shape index (κ2) is 6.55. The van der Waals surface area contributed by atoms with E-state index in [0.29, 0.717) is 5.02 Å². The van der Waals surface area contributed by atoms with Crippen LogP contribution in [0.2, 0.25) is 5.02 Å². The fraction of sp³-hybridized carbons (Fsp3) is 0.357. The summed E-state index contributed by atoms with van der Waals surface area (Å²) in [6.07, 6.45) is 3.30. The molecule has 0 radical (unpaired) electrons. The number of hydrogen-bond acceptors (Lipinski definition) is 1. The van der Waals surface area contributed by atoms with Crippen molar-refractivity contribution in [2.45, 2.75) is 33.1 Å². The Bertz CT molecular complexity index is 412. The van der Waals surface area contributed by atoms with Gasteiger partial charge in [-0.25, -0.2) is 4.39 Å². The topological polar surface area (TPSA) is 17.1 Å². The summed E-state index contributed by atoms with van der Waals surface area (Å²) in [7, 11) is 0. The van der Waals surface area contributed by atoms with Gasteiger partial charge in [0, 0.05) is 17.0 Å². The number of halogens is 2. The first-order chi connectivity index (χ1) is 8.08. The van der Waals surface area contributed by atoms with Gasteiger partial charge in [0.15, 0.2) is 5.78 Å². The van der Waals surface area contributed by atoms with E-state index in [9.17, 15) is 9.18 Å². The summed E-state index contributed by atoms with van der Waals surface area (Å²) in [6, 6.07) is 4.45. The number of ketones is 1. The summed E-state index contributed by atoms with van der Waals surface area (Å²) < 4.78 is 13.5. The molecular formula is C14H16ClFO. The van der Waals surface area contributed by atoms with E-state index < -0.39 is 5.82 Å². The van der Waals surface area contributed by atoms with E-state index >= 15 is 0 Å². The van der Waals surface area contributed by atoms with Crippen LogP contribution in [0.5, 0.6) is 0 Å². The Labute approximate surface area is 106 Å². The fourth-order valence-electron chi connectivity index (χ4n) is 1.61. The molecule has 1 aromatic rings. The van der Waals surface area contributed by atoms with E-state index in [2.05, 4.69) is 0 Å². The fourth-order valence-corrected chi connectivity index (χ4v) is 1.84. The summed E-state index contributed by atoms with van der Waals surface area (Å²) in [5.74, 6) is -0.524. The zero-order valence-corrected chi connectivity index (χ0v) is 10.9. The van der Waals surface area contributed by atoms with Crippen LogP contribution in [0.15, 0.2) is 29.8 Å². The lowest BCUT2D eigenvalue weighted by Crippen LogP contribution is -2.03. The average molecular weight is 255 g/mol. The predicted molar refractivity (Wildman–Crippen MR) is 68.8 cm³/mol. The Kier molecular flexibility index (Phi) is 5.36. The molecule has 0 aliphatic rings. The third-order valence-electron chi connectivity index (χ3n) is 2.69. The molecular weight excluding hydrogens is 239 g/mol. The molecule has 0 spiro atoms. The van der Waals surface area contributed by atoms with Crippen molar-refractivity contribution >= 4 is 17.4 Å². The van der Waals surface area contributed by atoms with Gasteiger partial charge in [0.1, 0.15) is 5.82 Å². The monoisotopic (exact) mass is 254 g/mol. The first-order valence-electron chi connectivity index (χ1n) is 5.73. The molecule has 0 atom stereocenters. The molecule has 92 valence electrons. The van der Waals surface area contributed by atoms with E-state index in [4.69, 9.17) is 11.6 Å². The van der Waals surface area contributed by atoms with Crippen LogP contribution in [0.1, 0.15) is 32.3 Å². The van der Waals surface area contributed by atoms with Crippen molar-refractivity contribution in [3.63, 3.8) is 0 Å². The molecule has 1 aromatic carbocycles. The molecule has 0 bridgehead atoms. The van der Waals surface area contributed by atoms with E-state index in [0.717, 1.165) is 18.4 Å². The Morgan fingerprint density at radius 3 is 2.53 bits per heavy atom. The number of carbonyl (C=O) groups is 1. The Hall–Kier alpha value is -1.15. The van der Waals surface area contributed by atoms with Crippen molar-refractivity contribution in [3.05, 3.63) is 46.3 Å². The van der Waals surface area contributed by atoms with Gasteiger partial charge in [-0.3, -0.25) is 4.79 Å². The van der Waals surface area contributed by atoms with Crippen molar-refractivity contribution in [1.82, 2.24) is 0 Å². The van der Waals surface area contributed by atoms with Gasteiger partial charge >= 0.3 is 0 Å². The second-order valence-corrected chi connectivity index (χ2v) is 4.26. The molecule has 1 nitrogen and oxygen atoms in total. The van der Waals surface area contributed by atoms with Crippen molar-refractivity contribution in [3.8, 4) is 0 Å². The lowest BCUT2D eigenvalue weighted by molar-refractivity contribution is -0.114. The van der Waals surface area contributed by atoms with Gasteiger partial charge in [0.05, 0.1) is 0 Å². The summed E-state index contributed by atoms with van der Waals surface area (Å²) in [5, 5.41) is 0.307. The van der Waals surface area contributed by atoms with Crippen LogP contribution in [-0.2, 0) is 11.2 Å². The number of hydrogen-bond donors (Lipinski definition) is 0. The van der Waals surface area contributed by atoms with Gasteiger partial charge in [-0.05, 0) is 31.1 Å². The summed E-state index contributed by atoms with van der Waals surface area (Å²) in [6.45, 7) is 4.00. The third kappa shape index (κ3) is 3.97. The smallest absolute Gasteiger partial charge is 0.160 e. The zero-order valence-electron chi connectivity index (χ0n) is 10.1. The molecule has 0 amide bonds. The molecule has 0 aromatic heterocycles. The number of carbonyl (C=O) groups excluding carboxylic acids is 1. The van der Waals surface area contributed by atoms with Gasteiger partial charge in [-0.2, -0.15) is 0 Å². The predicted octanol–water partition coefficient (Wildman–Crippen LogP) is 4.34. The summed E-state index contributed by atoms with van der Waals surface area (Å²) in [5.41, 5.74) is 1.35. The summed E-state index contributed by atoms with van der Waals surface area (Å²) in [4.78, 5) is 11.7. The lowest BCUT2D eigenvalue weighted by atomic mass is 10.0. The molecule has 0 aliphatic heterocycles. The minimum atomic E-state index is -0.422. The van der Waals surface area contributed by atoms with Crippen molar-refractivity contribution in [2.24, 2.45) is 0 Å². The van der Waals surface area contributed by atoms with Gasteiger partial charge in [-0.1, -0.05) is 37.1 Å². The standard InChI is InChI=1S/C14H16ClFO/c1-3-10(4-2)8-11(17)9-12-13(15)6-5-7-14(12)16/h5-8H,3-4,9H2,1-2H3. The van der Waals surface area contributed by atoms with Crippen LogP contribution in [-0.4, -0.2) is 5.78 Å². The first kappa shape index (κ1) is 13.9. The highest BCUT2D eigenvalue weighted by molar-refractivity contribution is 6.31. The largest absolute Gasteiger partial charge is 0.294 e. The van der Waals surface area contributed by atoms with Gasteiger partial charge in [-0.15, -0.1) is 0 Å². The minimum Gasteiger partial charge on any atom is -0.294 e. The minimum absolute atomic E-state index is 0.0228. The number of rotatable bonds is 5. The van der Waals surface area contributed by atoms with Crippen LogP contribution in [0.4, 0.5) is 4.39 Å². The molecule has 0 aliphatic carbocycles. The first-order valence-corrected chi connectivity index (χ1v) is 6.11. The molecule has 0 heterocycles. The van der Waals surface area contributed by atoms with Gasteiger partial charge in [0.2, 0.25) is 0 Å². The van der Waals surface area contributed by atoms with Crippen LogP contribution in [0.25, 0.3) is 0 Å². The highest BCUT2D eigenvalue weighted by Gasteiger charge is 2.10. The van der Waals surface area contributed by atoms with Crippen LogP contribution >= 0.6 is 11.6 Å². The van der Waals surface area contributed by atoms with E-state index in [1.807, 2.05) is 13.8 Å². The van der Waals surface area contributed by atoms with Gasteiger partial charge in [0.25, 0.3) is 0 Å². The molecule has 3 heteroatoms. The Morgan fingerprint density at radius 1 is 1.35 bits per heavy atom. The van der Waals surface area contributed by atoms with Gasteiger partial charge < -0.3 is 0 Å². The highest BCUT2D eigenvalue weighted by Crippen LogP contribution is 2.20. The zero-order chi connectivity index (χ0) is 12.8. The maximum Gasteiger partial charge on any atom is 0.160 e. The Morgan fingerprint density at radius 2 is 2.00 bits per heavy atom. The summed E-state index contributed by atoms with van der Waals surface area (Å²) >= 11 is 5.86. The number of benzene rings is 1. The van der Waals surface area contributed by atoms with E-state index in [-0.39, 0.29) is 17.8 Å². The molecule has 1 rings (SSSR count). The van der Waals surface area contributed by atoms with E-state index in [1.165, 1.54) is 12.1 Å². The average Bonchev–Trinajstić information content (AvgIpc) is 2.31. The number of allylic oxidation sites excluding steroid dienone is 2. The van der Waals surface area contributed by atoms with Crippen LogP contribution in [0.3, 0.4) is 0 Å². The SMILES string of the molecule is CCC(=CC(=O)Cc1c(F)cccc1Cl)CC. The molecule has 0 fully saturated rings. The highest BCUT2D eigenvalue weighted by atomic mass is 35.5. The van der Waals surface area contributed by atoms with Crippen molar-refractivity contribution < 1.29 is 9.18 Å². The van der Waals surface area contributed by atoms with Crippen LogP contribution < -0.4 is 0 Å². The normalized spacial score (nSPS) is 10.1. The lowest BCUT2D eigenvalue weighted by Gasteiger charge is -2.04. The molecule has 17 heavy (non-hydrogen) atoms. The molecule has 0 saturated heterocycles. The molecule has 0 N–H and O–H groups in total. The maximum absolute atomic E-state index is 13.5. The van der Waals surface area contributed by atoms with Crippen LogP contribution in [0, 0.1) is 5.82 Å². The third-order valence-corrected chi connectivity index (χ3v) is 3.04. The Balaban J connectivity index is 2.85. The second-order valence-electron chi connectivity index (χ2n) is 3.85.